The highest BCUT2D eigenvalue weighted by Crippen LogP contribution is 2.30. The molecular weight excluding hydrogens is 216 g/mol. The van der Waals surface area contributed by atoms with Crippen molar-refractivity contribution in [2.75, 3.05) is 6.54 Å². The number of benzene rings is 1. The smallest absolute Gasteiger partial charge is 0.123 e. The summed E-state index contributed by atoms with van der Waals surface area (Å²) in [5.74, 6) is 0. The summed E-state index contributed by atoms with van der Waals surface area (Å²) in [5.41, 5.74) is 3.79. The Kier molecular flexibility index (Phi) is 2.50. The lowest BCUT2D eigenvalue weighted by Gasteiger charge is -2.09. The Morgan fingerprint density at radius 1 is 1.38 bits per heavy atom. The van der Waals surface area contributed by atoms with Crippen LogP contribution >= 0.6 is 11.3 Å². The minimum atomic E-state index is 0.928. The highest BCUT2D eigenvalue weighted by atomic mass is 32.1. The molecule has 0 saturated heterocycles. The third-order valence-corrected chi connectivity index (χ3v) is 4.07. The summed E-state index contributed by atoms with van der Waals surface area (Å²) in [6, 6.07) is 8.57. The zero-order valence-corrected chi connectivity index (χ0v) is 10.1. The quantitative estimate of drug-likeness (QED) is 0.815. The summed E-state index contributed by atoms with van der Waals surface area (Å²) in [6.45, 7) is 4.14. The van der Waals surface area contributed by atoms with E-state index in [1.54, 1.807) is 0 Å². The van der Waals surface area contributed by atoms with Gasteiger partial charge in [-0.25, -0.2) is 4.98 Å². The van der Waals surface area contributed by atoms with Crippen LogP contribution in [0.15, 0.2) is 24.3 Å². The number of nitrogens with zero attached hydrogens (tertiary/aromatic N) is 1. The minimum Gasteiger partial charge on any atom is -0.311 e. The van der Waals surface area contributed by atoms with E-state index in [9.17, 15) is 0 Å². The number of nitrogens with one attached hydrogen (secondary N) is 1. The summed E-state index contributed by atoms with van der Waals surface area (Å²) in [4.78, 5) is 6.17. The highest BCUT2D eigenvalue weighted by molar-refractivity contribution is 7.15. The van der Waals surface area contributed by atoms with Crippen molar-refractivity contribution in [3.05, 3.63) is 40.4 Å². The molecule has 82 valence electrons. The van der Waals surface area contributed by atoms with Crippen molar-refractivity contribution in [1.82, 2.24) is 10.3 Å². The average molecular weight is 230 g/mol. The molecule has 0 fully saturated rings. The van der Waals surface area contributed by atoms with Crippen molar-refractivity contribution in [2.24, 2.45) is 0 Å². The molecule has 16 heavy (non-hydrogen) atoms. The second-order valence-corrected chi connectivity index (χ2v) is 5.27. The fraction of sp³-hybridized carbons (Fsp3) is 0.308. The van der Waals surface area contributed by atoms with Crippen molar-refractivity contribution in [3.63, 3.8) is 0 Å². The summed E-state index contributed by atoms with van der Waals surface area (Å²) in [5, 5.41) is 4.53. The lowest BCUT2D eigenvalue weighted by atomic mass is 10.1. The molecule has 1 aliphatic heterocycles. The Bertz CT molecular complexity index is 493. The van der Waals surface area contributed by atoms with Crippen LogP contribution in [0.1, 0.15) is 16.1 Å². The standard InChI is InChI=1S/C13H14N2S/c1-9-3-2-4-10(7-9)13-15-11-8-14-6-5-12(11)16-13/h2-4,7,14H,5-6,8H2,1H3. The van der Waals surface area contributed by atoms with Crippen LogP contribution in [0.25, 0.3) is 10.6 Å². The first-order chi connectivity index (χ1) is 7.83. The van der Waals surface area contributed by atoms with Gasteiger partial charge >= 0.3 is 0 Å². The average Bonchev–Trinajstić information content (AvgIpc) is 2.72. The van der Waals surface area contributed by atoms with Crippen molar-refractivity contribution < 1.29 is 0 Å². The molecule has 0 amide bonds. The van der Waals surface area contributed by atoms with Gasteiger partial charge in [0.25, 0.3) is 0 Å². The molecule has 2 heterocycles. The summed E-state index contributed by atoms with van der Waals surface area (Å²) < 4.78 is 0. The SMILES string of the molecule is Cc1cccc(-c2nc3c(s2)CCNC3)c1. The van der Waals surface area contributed by atoms with E-state index in [-0.39, 0.29) is 0 Å². The Balaban J connectivity index is 2.03. The number of hydrogen-bond donors (Lipinski definition) is 1. The van der Waals surface area contributed by atoms with E-state index in [4.69, 9.17) is 4.98 Å². The number of hydrogen-bond acceptors (Lipinski definition) is 3. The van der Waals surface area contributed by atoms with Crippen LogP contribution in [0.5, 0.6) is 0 Å². The Labute approximate surface area is 99.4 Å². The lowest BCUT2D eigenvalue weighted by Crippen LogP contribution is -2.22. The fourth-order valence-electron chi connectivity index (χ4n) is 2.03. The van der Waals surface area contributed by atoms with Crippen molar-refractivity contribution in [1.29, 1.82) is 0 Å². The van der Waals surface area contributed by atoms with E-state index in [0.717, 1.165) is 24.5 Å². The van der Waals surface area contributed by atoms with E-state index >= 15 is 0 Å². The van der Waals surface area contributed by atoms with Crippen LogP contribution < -0.4 is 5.32 Å². The summed E-state index contributed by atoms with van der Waals surface area (Å²) in [6.07, 6.45) is 1.12. The third-order valence-electron chi connectivity index (χ3n) is 2.86. The number of thiazole rings is 1. The van der Waals surface area contributed by atoms with E-state index in [2.05, 4.69) is 36.5 Å². The molecule has 2 aromatic rings. The molecule has 0 bridgehead atoms. The van der Waals surface area contributed by atoms with Gasteiger partial charge in [0, 0.05) is 23.5 Å². The molecule has 1 N–H and O–H groups in total. The van der Waals surface area contributed by atoms with Gasteiger partial charge in [-0.1, -0.05) is 23.8 Å². The largest absolute Gasteiger partial charge is 0.311 e. The normalized spacial score (nSPS) is 14.8. The molecule has 0 unspecified atom stereocenters. The van der Waals surface area contributed by atoms with Gasteiger partial charge in [-0.2, -0.15) is 0 Å². The maximum atomic E-state index is 4.72. The fourth-order valence-corrected chi connectivity index (χ4v) is 3.10. The van der Waals surface area contributed by atoms with Crippen molar-refractivity contribution in [2.45, 2.75) is 19.9 Å². The molecule has 0 spiro atoms. The van der Waals surface area contributed by atoms with Gasteiger partial charge < -0.3 is 5.32 Å². The van der Waals surface area contributed by atoms with Crippen LogP contribution in [0.3, 0.4) is 0 Å². The maximum Gasteiger partial charge on any atom is 0.123 e. The predicted molar refractivity (Wildman–Crippen MR) is 67.7 cm³/mol. The molecule has 0 saturated carbocycles. The molecular formula is C13H14N2S. The molecule has 0 aliphatic carbocycles. The first-order valence-corrected chi connectivity index (χ1v) is 6.41. The second-order valence-electron chi connectivity index (χ2n) is 4.19. The highest BCUT2D eigenvalue weighted by Gasteiger charge is 2.15. The van der Waals surface area contributed by atoms with Crippen LogP contribution in [0, 0.1) is 6.92 Å². The van der Waals surface area contributed by atoms with Crippen molar-refractivity contribution >= 4 is 11.3 Å². The number of aromatic nitrogens is 1. The van der Waals surface area contributed by atoms with E-state index in [1.807, 2.05) is 11.3 Å². The molecule has 1 aliphatic rings. The van der Waals surface area contributed by atoms with E-state index < -0.39 is 0 Å². The lowest BCUT2D eigenvalue weighted by molar-refractivity contribution is 0.639. The van der Waals surface area contributed by atoms with Crippen LogP contribution in [-0.4, -0.2) is 11.5 Å². The molecule has 1 aromatic carbocycles. The zero-order chi connectivity index (χ0) is 11.0. The van der Waals surface area contributed by atoms with Gasteiger partial charge in [0.1, 0.15) is 5.01 Å². The van der Waals surface area contributed by atoms with Crippen LogP contribution in [-0.2, 0) is 13.0 Å². The van der Waals surface area contributed by atoms with E-state index in [0.29, 0.717) is 0 Å². The molecule has 3 heteroatoms. The second kappa shape index (κ2) is 4.00. The topological polar surface area (TPSA) is 24.9 Å². The molecule has 3 rings (SSSR count). The van der Waals surface area contributed by atoms with Crippen LogP contribution in [0.2, 0.25) is 0 Å². The Hall–Kier alpha value is -1.19. The Morgan fingerprint density at radius 2 is 2.31 bits per heavy atom. The monoisotopic (exact) mass is 230 g/mol. The van der Waals surface area contributed by atoms with Crippen molar-refractivity contribution in [3.8, 4) is 10.6 Å². The van der Waals surface area contributed by atoms with Gasteiger partial charge in [-0.15, -0.1) is 11.3 Å². The Morgan fingerprint density at radius 3 is 3.12 bits per heavy atom. The van der Waals surface area contributed by atoms with Crippen LogP contribution in [0.4, 0.5) is 0 Å². The van der Waals surface area contributed by atoms with Gasteiger partial charge in [0.05, 0.1) is 5.69 Å². The first-order valence-electron chi connectivity index (χ1n) is 5.59. The minimum absolute atomic E-state index is 0.928. The zero-order valence-electron chi connectivity index (χ0n) is 9.29. The third kappa shape index (κ3) is 1.77. The van der Waals surface area contributed by atoms with Gasteiger partial charge in [-0.3, -0.25) is 0 Å². The summed E-state index contributed by atoms with van der Waals surface area (Å²) in [7, 11) is 0. The van der Waals surface area contributed by atoms with Gasteiger partial charge in [0.15, 0.2) is 0 Å². The first kappa shape index (κ1) is 10.00. The number of aryl methyl sites for hydroxylation is 1. The molecule has 2 nitrogen and oxygen atoms in total. The van der Waals surface area contributed by atoms with Gasteiger partial charge in [0.2, 0.25) is 0 Å². The maximum absolute atomic E-state index is 4.72. The summed E-state index contributed by atoms with van der Waals surface area (Å²) >= 11 is 1.85. The molecule has 0 radical (unpaired) electrons. The molecule has 1 aromatic heterocycles. The number of fused-ring (bicyclic) bond motifs is 1. The number of rotatable bonds is 1. The predicted octanol–water partition coefficient (Wildman–Crippen LogP) is 2.76. The van der Waals surface area contributed by atoms with E-state index in [1.165, 1.54) is 21.7 Å². The molecule has 0 atom stereocenters. The van der Waals surface area contributed by atoms with Gasteiger partial charge in [-0.05, 0) is 19.4 Å².